The zero-order chi connectivity index (χ0) is 19.4. The highest BCUT2D eigenvalue weighted by Gasteiger charge is 2.11. The van der Waals surface area contributed by atoms with E-state index in [2.05, 4.69) is 15.5 Å². The number of amides is 1. The molecule has 3 rings (SSSR count). The number of carbonyl (C=O) groups excluding carboxylic acids is 1. The molecule has 0 spiro atoms. The molecule has 2 heterocycles. The van der Waals surface area contributed by atoms with Crippen LogP contribution in [0.2, 0.25) is 5.15 Å². The summed E-state index contributed by atoms with van der Waals surface area (Å²) in [7, 11) is 0. The fourth-order valence-corrected chi connectivity index (χ4v) is 2.62. The Bertz CT molecular complexity index is 1040. The summed E-state index contributed by atoms with van der Waals surface area (Å²) in [5, 5.41) is 13.0. The summed E-state index contributed by atoms with van der Waals surface area (Å²) in [6.07, 6.45) is 2.84. The highest BCUT2D eigenvalue weighted by molar-refractivity contribution is 6.32. The van der Waals surface area contributed by atoms with E-state index < -0.39 is 11.9 Å². The van der Waals surface area contributed by atoms with Crippen molar-refractivity contribution in [1.82, 2.24) is 10.4 Å². The number of aromatic carboxylic acids is 1. The van der Waals surface area contributed by atoms with Gasteiger partial charge in [0.25, 0.3) is 5.91 Å². The van der Waals surface area contributed by atoms with Crippen molar-refractivity contribution in [1.29, 1.82) is 0 Å². The third-order valence-corrected chi connectivity index (χ3v) is 4.03. The lowest BCUT2D eigenvalue weighted by Crippen LogP contribution is -2.18. The molecule has 1 amide bonds. The molecule has 0 saturated heterocycles. The Morgan fingerprint density at radius 1 is 1.26 bits per heavy atom. The van der Waals surface area contributed by atoms with E-state index in [0.29, 0.717) is 11.5 Å². The first-order valence-corrected chi connectivity index (χ1v) is 8.21. The van der Waals surface area contributed by atoms with Gasteiger partial charge in [0.05, 0.1) is 17.3 Å². The summed E-state index contributed by atoms with van der Waals surface area (Å²) in [6, 6.07) is 11.3. The normalized spacial score (nSPS) is 10.9. The quantitative estimate of drug-likeness (QED) is 0.396. The highest BCUT2D eigenvalue weighted by Crippen LogP contribution is 2.26. The SMILES string of the molecule is Cc1cc(C(=O)O)ccc1-c1ccc(C=NNC(=O)c2cccnc2Cl)o1. The average molecular weight is 384 g/mol. The molecule has 1 aromatic carbocycles. The number of furan rings is 1. The van der Waals surface area contributed by atoms with Gasteiger partial charge in [0.2, 0.25) is 0 Å². The van der Waals surface area contributed by atoms with Crippen molar-refractivity contribution in [2.24, 2.45) is 5.10 Å². The standard InChI is InChI=1S/C19H14ClN3O4/c1-11-9-12(19(25)26)4-6-14(11)16-7-5-13(27-16)10-22-23-18(24)15-3-2-8-21-17(15)20/h2-10H,1H3,(H,23,24)(H,25,26). The maximum absolute atomic E-state index is 12.0. The molecule has 2 aromatic heterocycles. The van der Waals surface area contributed by atoms with Crippen molar-refractivity contribution >= 4 is 29.7 Å². The van der Waals surface area contributed by atoms with Crippen molar-refractivity contribution in [2.45, 2.75) is 6.92 Å². The largest absolute Gasteiger partial charge is 0.478 e. The molecule has 0 aliphatic heterocycles. The van der Waals surface area contributed by atoms with E-state index in [1.54, 1.807) is 37.3 Å². The molecular weight excluding hydrogens is 370 g/mol. The lowest BCUT2D eigenvalue weighted by Gasteiger charge is -2.04. The van der Waals surface area contributed by atoms with Crippen LogP contribution in [0.25, 0.3) is 11.3 Å². The van der Waals surface area contributed by atoms with Crippen molar-refractivity contribution in [3.8, 4) is 11.3 Å². The number of carbonyl (C=O) groups is 2. The Balaban J connectivity index is 1.71. The Kier molecular flexibility index (Phi) is 5.33. The third-order valence-electron chi connectivity index (χ3n) is 3.73. The van der Waals surface area contributed by atoms with Gasteiger partial charge in [0, 0.05) is 11.8 Å². The minimum absolute atomic E-state index is 0.0887. The molecule has 0 fully saturated rings. The number of hydrogen-bond acceptors (Lipinski definition) is 5. The first kappa shape index (κ1) is 18.3. The van der Waals surface area contributed by atoms with Crippen LogP contribution < -0.4 is 5.43 Å². The molecule has 0 saturated carbocycles. The fraction of sp³-hybridized carbons (Fsp3) is 0.0526. The van der Waals surface area contributed by atoms with Gasteiger partial charge in [-0.1, -0.05) is 17.7 Å². The summed E-state index contributed by atoms with van der Waals surface area (Å²) < 4.78 is 5.68. The molecule has 0 atom stereocenters. The van der Waals surface area contributed by atoms with Crippen LogP contribution >= 0.6 is 11.6 Å². The second kappa shape index (κ2) is 7.84. The smallest absolute Gasteiger partial charge is 0.335 e. The molecular formula is C19H14ClN3O4. The molecule has 3 aromatic rings. The van der Waals surface area contributed by atoms with Crippen molar-refractivity contribution in [3.63, 3.8) is 0 Å². The summed E-state index contributed by atoms with van der Waals surface area (Å²) >= 11 is 5.85. The van der Waals surface area contributed by atoms with Gasteiger partial charge in [-0.15, -0.1) is 0 Å². The van der Waals surface area contributed by atoms with Gasteiger partial charge in [0.1, 0.15) is 16.7 Å². The molecule has 0 bridgehead atoms. The third kappa shape index (κ3) is 4.21. The molecule has 0 aliphatic rings. The van der Waals surface area contributed by atoms with Crippen LogP contribution in [0.1, 0.15) is 32.0 Å². The number of pyridine rings is 1. The summed E-state index contributed by atoms with van der Waals surface area (Å²) in [6.45, 7) is 1.80. The number of benzene rings is 1. The van der Waals surface area contributed by atoms with Crippen molar-refractivity contribution in [3.05, 3.63) is 76.3 Å². The first-order valence-electron chi connectivity index (χ1n) is 7.84. The number of hydrogen-bond donors (Lipinski definition) is 2. The van der Waals surface area contributed by atoms with E-state index in [4.69, 9.17) is 21.1 Å². The summed E-state index contributed by atoms with van der Waals surface area (Å²) in [5.41, 5.74) is 4.31. The molecule has 136 valence electrons. The number of carboxylic acid groups (broad SMARTS) is 1. The van der Waals surface area contributed by atoms with E-state index in [1.807, 2.05) is 0 Å². The predicted molar refractivity (Wildman–Crippen MR) is 100 cm³/mol. The average Bonchev–Trinajstić information content (AvgIpc) is 3.10. The van der Waals surface area contributed by atoms with Gasteiger partial charge >= 0.3 is 5.97 Å². The molecule has 27 heavy (non-hydrogen) atoms. The van der Waals surface area contributed by atoms with E-state index in [1.165, 1.54) is 24.5 Å². The number of halogens is 1. The van der Waals surface area contributed by atoms with Crippen LogP contribution in [0, 0.1) is 6.92 Å². The van der Waals surface area contributed by atoms with Gasteiger partial charge in [-0.05, 0) is 48.9 Å². The molecule has 8 heteroatoms. The van der Waals surface area contributed by atoms with Crippen LogP contribution in [0.3, 0.4) is 0 Å². The number of aromatic nitrogens is 1. The lowest BCUT2D eigenvalue weighted by molar-refractivity contribution is 0.0696. The molecule has 0 aliphatic carbocycles. The minimum atomic E-state index is -0.985. The van der Waals surface area contributed by atoms with Crippen LogP contribution in [-0.2, 0) is 0 Å². The lowest BCUT2D eigenvalue weighted by atomic mass is 10.0. The number of hydrazone groups is 1. The number of aryl methyl sites for hydroxylation is 1. The second-order valence-corrected chi connectivity index (χ2v) is 5.94. The van der Waals surface area contributed by atoms with Crippen LogP contribution in [0.5, 0.6) is 0 Å². The Morgan fingerprint density at radius 3 is 2.78 bits per heavy atom. The number of carboxylic acids is 1. The highest BCUT2D eigenvalue weighted by atomic mass is 35.5. The second-order valence-electron chi connectivity index (χ2n) is 5.58. The number of rotatable bonds is 5. The first-order chi connectivity index (χ1) is 13.0. The van der Waals surface area contributed by atoms with Gasteiger partial charge < -0.3 is 9.52 Å². The summed E-state index contributed by atoms with van der Waals surface area (Å²) in [4.78, 5) is 26.8. The zero-order valence-corrected chi connectivity index (χ0v) is 14.9. The number of nitrogens with zero attached hydrogens (tertiary/aromatic N) is 2. The number of nitrogens with one attached hydrogen (secondary N) is 1. The van der Waals surface area contributed by atoms with Crippen LogP contribution in [0.4, 0.5) is 0 Å². The predicted octanol–water partition coefficient (Wildman–Crippen LogP) is 3.77. The van der Waals surface area contributed by atoms with E-state index in [9.17, 15) is 9.59 Å². The van der Waals surface area contributed by atoms with Crippen LogP contribution in [-0.4, -0.2) is 28.2 Å². The van der Waals surface area contributed by atoms with E-state index >= 15 is 0 Å². The monoisotopic (exact) mass is 383 g/mol. The van der Waals surface area contributed by atoms with Gasteiger partial charge in [0.15, 0.2) is 0 Å². The zero-order valence-electron chi connectivity index (χ0n) is 14.1. The van der Waals surface area contributed by atoms with Gasteiger partial charge in [-0.3, -0.25) is 4.79 Å². The van der Waals surface area contributed by atoms with E-state index in [-0.39, 0.29) is 16.3 Å². The maximum Gasteiger partial charge on any atom is 0.335 e. The summed E-state index contributed by atoms with van der Waals surface area (Å²) in [5.74, 6) is -0.491. The Hall–Kier alpha value is -3.45. The van der Waals surface area contributed by atoms with Crippen molar-refractivity contribution in [2.75, 3.05) is 0 Å². The maximum atomic E-state index is 12.0. The Labute approximate surface area is 159 Å². The van der Waals surface area contributed by atoms with Crippen LogP contribution in [0.15, 0.2) is 58.2 Å². The van der Waals surface area contributed by atoms with Gasteiger partial charge in [-0.2, -0.15) is 5.10 Å². The molecule has 2 N–H and O–H groups in total. The van der Waals surface area contributed by atoms with Crippen molar-refractivity contribution < 1.29 is 19.1 Å². The topological polar surface area (TPSA) is 105 Å². The molecule has 7 nitrogen and oxygen atoms in total. The van der Waals surface area contributed by atoms with Gasteiger partial charge in [-0.25, -0.2) is 15.2 Å². The Morgan fingerprint density at radius 2 is 2.07 bits per heavy atom. The van der Waals surface area contributed by atoms with E-state index in [0.717, 1.165) is 11.1 Å². The fourth-order valence-electron chi connectivity index (χ4n) is 2.41. The molecule has 0 unspecified atom stereocenters. The molecule has 0 radical (unpaired) electrons. The minimum Gasteiger partial charge on any atom is -0.478 e.